The van der Waals surface area contributed by atoms with E-state index in [9.17, 15) is 14.7 Å². The molecule has 3 aliphatic rings. The molecule has 224 valence electrons. The van der Waals surface area contributed by atoms with Crippen LogP contribution in [0.4, 0.5) is 5.69 Å². The highest BCUT2D eigenvalue weighted by molar-refractivity contribution is 6.11. The van der Waals surface area contributed by atoms with Gasteiger partial charge in [-0.2, -0.15) is 4.98 Å². The molecule has 0 unspecified atom stereocenters. The topological polar surface area (TPSA) is 92.2 Å². The first-order valence-electron chi connectivity index (χ1n) is 15.2. The molecular formula is C36H35N3O5. The van der Waals surface area contributed by atoms with Gasteiger partial charge in [0.2, 0.25) is 11.8 Å². The molecule has 3 heterocycles. The largest absolute Gasteiger partial charge is 0.473 e. The highest BCUT2D eigenvalue weighted by Crippen LogP contribution is 2.44. The van der Waals surface area contributed by atoms with Crippen LogP contribution in [0.1, 0.15) is 63.1 Å². The third-order valence-electron chi connectivity index (χ3n) is 9.07. The second kappa shape index (κ2) is 11.8. The van der Waals surface area contributed by atoms with Crippen molar-refractivity contribution in [3.05, 3.63) is 119 Å². The standard InChI is InChI=1S/C36H35N3O5/c40-29-15-17-36(18-16-29)23-38(24-36)34(41)27-11-12-30-28(19-27)20-39(35(30)42)31-13-14-32(43-21-25-7-3-1-4-8-25)37-33(31)44-22-26-9-5-2-6-10-26/h1-14,19,29,40H,15-18,20-24H2. The van der Waals surface area contributed by atoms with Gasteiger partial charge in [-0.05, 0) is 66.6 Å². The number of rotatable bonds is 8. The zero-order chi connectivity index (χ0) is 30.1. The Labute approximate surface area is 256 Å². The van der Waals surface area contributed by atoms with Gasteiger partial charge in [0.1, 0.15) is 18.9 Å². The molecule has 44 heavy (non-hydrogen) atoms. The van der Waals surface area contributed by atoms with E-state index in [0.29, 0.717) is 41.7 Å². The van der Waals surface area contributed by atoms with Gasteiger partial charge in [0, 0.05) is 35.7 Å². The molecule has 4 aromatic rings. The Balaban J connectivity index is 1.09. The van der Waals surface area contributed by atoms with E-state index >= 15 is 0 Å². The van der Waals surface area contributed by atoms with Crippen LogP contribution in [-0.2, 0) is 19.8 Å². The molecule has 1 aromatic heterocycles. The predicted octanol–water partition coefficient (Wildman–Crippen LogP) is 5.78. The number of carbonyl (C=O) groups is 2. The number of hydrogen-bond acceptors (Lipinski definition) is 6. The molecule has 8 heteroatoms. The summed E-state index contributed by atoms with van der Waals surface area (Å²) < 4.78 is 12.2. The molecular weight excluding hydrogens is 554 g/mol. The van der Waals surface area contributed by atoms with E-state index < -0.39 is 0 Å². The Bertz CT molecular complexity index is 1660. The van der Waals surface area contributed by atoms with E-state index in [-0.39, 0.29) is 29.9 Å². The van der Waals surface area contributed by atoms with E-state index in [4.69, 9.17) is 9.47 Å². The quantitative estimate of drug-likeness (QED) is 0.280. The first-order chi connectivity index (χ1) is 21.5. The van der Waals surface area contributed by atoms with Crippen LogP contribution in [-0.4, -0.2) is 46.0 Å². The van der Waals surface area contributed by atoms with Crippen molar-refractivity contribution in [2.45, 2.75) is 51.5 Å². The number of aliphatic hydroxyl groups excluding tert-OH is 1. The van der Waals surface area contributed by atoms with Crippen LogP contribution in [0.3, 0.4) is 0 Å². The van der Waals surface area contributed by atoms with E-state index in [1.165, 1.54) is 0 Å². The fraction of sp³-hybridized carbons (Fsp3) is 0.306. The monoisotopic (exact) mass is 589 g/mol. The maximum absolute atomic E-state index is 13.6. The molecule has 1 aliphatic carbocycles. The van der Waals surface area contributed by atoms with Crippen LogP contribution in [0, 0.1) is 5.41 Å². The van der Waals surface area contributed by atoms with Crippen molar-refractivity contribution in [2.75, 3.05) is 18.0 Å². The number of pyridine rings is 1. The van der Waals surface area contributed by atoms with E-state index in [2.05, 4.69) is 4.98 Å². The number of amides is 2. The zero-order valence-electron chi connectivity index (χ0n) is 24.5. The van der Waals surface area contributed by atoms with Crippen LogP contribution in [0.15, 0.2) is 91.0 Å². The number of aliphatic hydroxyl groups is 1. The van der Waals surface area contributed by atoms with Crippen LogP contribution < -0.4 is 14.4 Å². The second-order valence-electron chi connectivity index (χ2n) is 12.2. The molecule has 2 amide bonds. The lowest BCUT2D eigenvalue weighted by Gasteiger charge is -2.53. The van der Waals surface area contributed by atoms with Gasteiger partial charge in [-0.3, -0.25) is 14.5 Å². The van der Waals surface area contributed by atoms with Crippen molar-refractivity contribution in [1.29, 1.82) is 0 Å². The molecule has 1 saturated heterocycles. The number of ether oxygens (including phenoxy) is 2. The highest BCUT2D eigenvalue weighted by Gasteiger charge is 2.47. The molecule has 8 nitrogen and oxygen atoms in total. The van der Waals surface area contributed by atoms with Crippen molar-refractivity contribution in [3.8, 4) is 11.8 Å². The average Bonchev–Trinajstić information content (AvgIpc) is 3.38. The number of nitrogens with zero attached hydrogens (tertiary/aromatic N) is 3. The van der Waals surface area contributed by atoms with Crippen molar-refractivity contribution in [3.63, 3.8) is 0 Å². The molecule has 1 N–H and O–H groups in total. The van der Waals surface area contributed by atoms with Crippen LogP contribution >= 0.6 is 0 Å². The van der Waals surface area contributed by atoms with Crippen LogP contribution in [0.25, 0.3) is 0 Å². The number of anilines is 1. The van der Waals surface area contributed by atoms with Crippen LogP contribution in [0.5, 0.6) is 11.8 Å². The molecule has 0 radical (unpaired) electrons. The van der Waals surface area contributed by atoms with Gasteiger partial charge in [0.25, 0.3) is 11.8 Å². The summed E-state index contributed by atoms with van der Waals surface area (Å²) >= 11 is 0. The van der Waals surface area contributed by atoms with Gasteiger partial charge in [-0.25, -0.2) is 0 Å². The fourth-order valence-electron chi connectivity index (χ4n) is 6.53. The lowest BCUT2D eigenvalue weighted by Crippen LogP contribution is -2.59. The molecule has 2 fully saturated rings. The SMILES string of the molecule is O=C(c1ccc2c(c1)CN(c1ccc(OCc3ccccc3)nc1OCc1ccccc1)C2=O)N1CC2(CCC(O)CC2)C1. The molecule has 1 spiro atoms. The van der Waals surface area contributed by atoms with Gasteiger partial charge in [-0.1, -0.05) is 60.7 Å². The zero-order valence-corrected chi connectivity index (χ0v) is 24.5. The molecule has 0 bridgehead atoms. The fourth-order valence-corrected chi connectivity index (χ4v) is 6.53. The highest BCUT2D eigenvalue weighted by atomic mass is 16.5. The van der Waals surface area contributed by atoms with Gasteiger partial charge in [0.05, 0.1) is 12.6 Å². The summed E-state index contributed by atoms with van der Waals surface area (Å²) in [7, 11) is 0. The smallest absolute Gasteiger partial charge is 0.259 e. The first kappa shape index (κ1) is 28.1. The van der Waals surface area contributed by atoms with Gasteiger partial charge in [-0.15, -0.1) is 0 Å². The summed E-state index contributed by atoms with van der Waals surface area (Å²) in [6, 6.07) is 28.6. The summed E-state index contributed by atoms with van der Waals surface area (Å²) in [5, 5.41) is 9.88. The summed E-state index contributed by atoms with van der Waals surface area (Å²) in [5.74, 6) is 0.536. The predicted molar refractivity (Wildman–Crippen MR) is 166 cm³/mol. The molecule has 7 rings (SSSR count). The van der Waals surface area contributed by atoms with Gasteiger partial charge >= 0.3 is 0 Å². The number of hydrogen-bond donors (Lipinski definition) is 1. The normalized spacial score (nSPS) is 17.3. The maximum atomic E-state index is 13.6. The van der Waals surface area contributed by atoms with E-state index in [0.717, 1.165) is 55.5 Å². The first-order valence-corrected chi connectivity index (χ1v) is 15.2. The van der Waals surface area contributed by atoms with Gasteiger partial charge < -0.3 is 19.5 Å². The maximum Gasteiger partial charge on any atom is 0.259 e. The number of fused-ring (bicyclic) bond motifs is 1. The summed E-state index contributed by atoms with van der Waals surface area (Å²) in [4.78, 5) is 35.2. The third kappa shape index (κ3) is 5.65. The minimum Gasteiger partial charge on any atom is -0.473 e. The third-order valence-corrected chi connectivity index (χ3v) is 9.07. The minimum atomic E-state index is -0.208. The number of aromatic nitrogens is 1. The minimum absolute atomic E-state index is 0.0103. The molecule has 2 aliphatic heterocycles. The Morgan fingerprint density at radius 1 is 0.864 bits per heavy atom. The molecule has 1 saturated carbocycles. The molecule has 3 aromatic carbocycles. The van der Waals surface area contributed by atoms with Crippen molar-refractivity contribution in [2.24, 2.45) is 5.41 Å². The lowest BCUT2D eigenvalue weighted by atomic mass is 9.68. The number of carbonyl (C=O) groups excluding carboxylic acids is 2. The van der Waals surface area contributed by atoms with Crippen molar-refractivity contribution < 1.29 is 24.2 Å². The average molecular weight is 590 g/mol. The Morgan fingerprint density at radius 3 is 2.20 bits per heavy atom. The van der Waals surface area contributed by atoms with E-state index in [1.807, 2.05) is 77.7 Å². The second-order valence-corrected chi connectivity index (χ2v) is 12.2. The van der Waals surface area contributed by atoms with E-state index in [1.54, 1.807) is 23.1 Å². The number of likely N-dealkylation sites (tertiary alicyclic amines) is 1. The van der Waals surface area contributed by atoms with Gasteiger partial charge in [0.15, 0.2) is 0 Å². The number of benzene rings is 3. The Hall–Kier alpha value is -4.69. The Morgan fingerprint density at radius 2 is 1.52 bits per heavy atom. The molecule has 0 atom stereocenters. The lowest BCUT2D eigenvalue weighted by molar-refractivity contribution is -0.0395. The van der Waals surface area contributed by atoms with Crippen molar-refractivity contribution >= 4 is 17.5 Å². The summed E-state index contributed by atoms with van der Waals surface area (Å²) in [5.41, 5.74) is 4.66. The van der Waals surface area contributed by atoms with Crippen molar-refractivity contribution in [1.82, 2.24) is 9.88 Å². The Kier molecular flexibility index (Phi) is 7.52. The summed E-state index contributed by atoms with van der Waals surface area (Å²) in [6.45, 7) is 2.41. The van der Waals surface area contributed by atoms with Crippen LogP contribution in [0.2, 0.25) is 0 Å². The summed E-state index contributed by atoms with van der Waals surface area (Å²) in [6.07, 6.45) is 3.34.